The van der Waals surface area contributed by atoms with Gasteiger partial charge in [0.2, 0.25) is 5.91 Å². The lowest BCUT2D eigenvalue weighted by Crippen LogP contribution is -2.35. The summed E-state index contributed by atoms with van der Waals surface area (Å²) in [5.74, 6) is 1.02. The van der Waals surface area contributed by atoms with Gasteiger partial charge >= 0.3 is 0 Å². The maximum Gasteiger partial charge on any atom is 0.223 e. The van der Waals surface area contributed by atoms with Crippen LogP contribution in [0.2, 0.25) is 0 Å². The van der Waals surface area contributed by atoms with Crippen molar-refractivity contribution in [2.75, 3.05) is 12.4 Å². The summed E-state index contributed by atoms with van der Waals surface area (Å²) in [6, 6.07) is 10.1. The van der Waals surface area contributed by atoms with Crippen molar-refractivity contribution in [1.82, 2.24) is 4.90 Å². The number of rotatable bonds is 6. The molecule has 0 saturated carbocycles. The SMILES string of the molecule is CC(CC(=O)N(CCCl)Cc1ccccc1)C(C)(C)C. The smallest absolute Gasteiger partial charge is 0.223 e. The van der Waals surface area contributed by atoms with Crippen LogP contribution in [0.5, 0.6) is 0 Å². The number of alkyl halides is 1. The molecule has 0 aliphatic heterocycles. The summed E-state index contributed by atoms with van der Waals surface area (Å²) >= 11 is 5.84. The highest BCUT2D eigenvalue weighted by atomic mass is 35.5. The highest BCUT2D eigenvalue weighted by molar-refractivity contribution is 6.18. The van der Waals surface area contributed by atoms with Crippen molar-refractivity contribution >= 4 is 17.5 Å². The first-order valence-electron chi connectivity index (χ1n) is 7.22. The van der Waals surface area contributed by atoms with Crippen LogP contribution in [0.3, 0.4) is 0 Å². The number of hydrogen-bond acceptors (Lipinski definition) is 1. The van der Waals surface area contributed by atoms with Gasteiger partial charge in [-0.1, -0.05) is 58.0 Å². The summed E-state index contributed by atoms with van der Waals surface area (Å²) in [4.78, 5) is 14.3. The Kier molecular flexibility index (Phi) is 6.54. The van der Waals surface area contributed by atoms with E-state index in [1.54, 1.807) is 0 Å². The molecule has 1 unspecified atom stereocenters. The molecule has 1 atom stereocenters. The largest absolute Gasteiger partial charge is 0.337 e. The molecule has 0 aliphatic rings. The number of carbonyl (C=O) groups is 1. The molecular weight excluding hydrogens is 270 g/mol. The van der Waals surface area contributed by atoms with Crippen molar-refractivity contribution in [1.29, 1.82) is 0 Å². The predicted octanol–water partition coefficient (Wildman–Crippen LogP) is 4.33. The highest BCUT2D eigenvalue weighted by Crippen LogP contribution is 2.28. The van der Waals surface area contributed by atoms with Crippen LogP contribution in [0.4, 0.5) is 0 Å². The zero-order valence-corrected chi connectivity index (χ0v) is 13.8. The Labute approximate surface area is 128 Å². The predicted molar refractivity (Wildman–Crippen MR) is 85.8 cm³/mol. The molecule has 112 valence electrons. The van der Waals surface area contributed by atoms with Crippen molar-refractivity contribution in [2.24, 2.45) is 11.3 Å². The van der Waals surface area contributed by atoms with Gasteiger partial charge in [-0.15, -0.1) is 11.6 Å². The highest BCUT2D eigenvalue weighted by Gasteiger charge is 2.25. The first-order chi connectivity index (χ1) is 9.34. The van der Waals surface area contributed by atoms with E-state index in [-0.39, 0.29) is 11.3 Å². The van der Waals surface area contributed by atoms with E-state index in [9.17, 15) is 4.79 Å². The second-order valence-electron chi connectivity index (χ2n) is 6.46. The van der Waals surface area contributed by atoms with Crippen LogP contribution < -0.4 is 0 Å². The minimum Gasteiger partial charge on any atom is -0.337 e. The van der Waals surface area contributed by atoms with Crippen LogP contribution in [0.1, 0.15) is 39.7 Å². The van der Waals surface area contributed by atoms with Crippen molar-refractivity contribution < 1.29 is 4.79 Å². The molecule has 0 aromatic heterocycles. The Morgan fingerprint density at radius 3 is 2.35 bits per heavy atom. The summed E-state index contributed by atoms with van der Waals surface area (Å²) in [6.45, 7) is 9.91. The molecule has 1 aromatic rings. The van der Waals surface area contributed by atoms with Gasteiger partial charge in [0, 0.05) is 25.4 Å². The molecule has 0 aliphatic carbocycles. The molecule has 1 rings (SSSR count). The Morgan fingerprint density at radius 1 is 1.25 bits per heavy atom. The summed E-state index contributed by atoms with van der Waals surface area (Å²) in [7, 11) is 0. The molecule has 1 aromatic carbocycles. The molecule has 2 nitrogen and oxygen atoms in total. The lowest BCUT2D eigenvalue weighted by Gasteiger charge is -2.30. The number of carbonyl (C=O) groups excluding carboxylic acids is 1. The van der Waals surface area contributed by atoms with Gasteiger partial charge < -0.3 is 4.90 Å². The molecule has 0 bridgehead atoms. The van der Waals surface area contributed by atoms with Gasteiger partial charge in [0.05, 0.1) is 0 Å². The summed E-state index contributed by atoms with van der Waals surface area (Å²) in [5, 5.41) is 0. The number of halogens is 1. The van der Waals surface area contributed by atoms with E-state index in [0.29, 0.717) is 31.3 Å². The van der Waals surface area contributed by atoms with Crippen LogP contribution in [0.25, 0.3) is 0 Å². The van der Waals surface area contributed by atoms with E-state index in [1.165, 1.54) is 0 Å². The van der Waals surface area contributed by atoms with Crippen LogP contribution in [0, 0.1) is 11.3 Å². The van der Waals surface area contributed by atoms with Gasteiger partial charge in [-0.2, -0.15) is 0 Å². The topological polar surface area (TPSA) is 20.3 Å². The second-order valence-corrected chi connectivity index (χ2v) is 6.84. The van der Waals surface area contributed by atoms with E-state index in [0.717, 1.165) is 5.56 Å². The van der Waals surface area contributed by atoms with Gasteiger partial charge in [-0.25, -0.2) is 0 Å². The molecule has 0 radical (unpaired) electrons. The Morgan fingerprint density at radius 2 is 1.85 bits per heavy atom. The summed E-state index contributed by atoms with van der Waals surface area (Å²) in [6.07, 6.45) is 0.577. The minimum absolute atomic E-state index is 0.148. The van der Waals surface area contributed by atoms with Crippen molar-refractivity contribution in [3.63, 3.8) is 0 Å². The normalized spacial score (nSPS) is 13.1. The van der Waals surface area contributed by atoms with E-state index in [4.69, 9.17) is 11.6 Å². The fourth-order valence-electron chi connectivity index (χ4n) is 1.89. The number of amides is 1. The fourth-order valence-corrected chi connectivity index (χ4v) is 2.10. The Bertz CT molecular complexity index is 411. The zero-order valence-electron chi connectivity index (χ0n) is 13.0. The quantitative estimate of drug-likeness (QED) is 0.716. The first-order valence-corrected chi connectivity index (χ1v) is 7.75. The third kappa shape index (κ3) is 5.54. The molecule has 3 heteroatoms. The third-order valence-corrected chi connectivity index (χ3v) is 4.05. The summed E-state index contributed by atoms with van der Waals surface area (Å²) in [5.41, 5.74) is 1.30. The number of nitrogens with zero attached hydrogens (tertiary/aromatic N) is 1. The van der Waals surface area contributed by atoms with Gasteiger partial charge in [-0.05, 0) is 16.9 Å². The van der Waals surface area contributed by atoms with Crippen LogP contribution >= 0.6 is 11.6 Å². The van der Waals surface area contributed by atoms with Gasteiger partial charge in [0.25, 0.3) is 0 Å². The van der Waals surface area contributed by atoms with Crippen molar-refractivity contribution in [3.05, 3.63) is 35.9 Å². The Balaban J connectivity index is 2.68. The van der Waals surface area contributed by atoms with Crippen molar-refractivity contribution in [2.45, 2.75) is 40.7 Å². The average Bonchev–Trinajstić information content (AvgIpc) is 2.38. The lowest BCUT2D eigenvalue weighted by molar-refractivity contribution is -0.133. The van der Waals surface area contributed by atoms with Gasteiger partial charge in [-0.3, -0.25) is 4.79 Å². The molecule has 1 amide bonds. The molecule has 0 N–H and O–H groups in total. The van der Waals surface area contributed by atoms with Gasteiger partial charge in [0.1, 0.15) is 0 Å². The maximum atomic E-state index is 12.5. The van der Waals surface area contributed by atoms with E-state index in [1.807, 2.05) is 35.2 Å². The standard InChI is InChI=1S/C17H26ClNO/c1-14(17(2,3)4)12-16(20)19(11-10-18)13-15-8-6-5-7-9-15/h5-9,14H,10-13H2,1-4H3. The molecule has 0 heterocycles. The van der Waals surface area contributed by atoms with Crippen LogP contribution in [0.15, 0.2) is 30.3 Å². The molecular formula is C17H26ClNO. The third-order valence-electron chi connectivity index (χ3n) is 3.88. The van der Waals surface area contributed by atoms with Crippen LogP contribution in [-0.2, 0) is 11.3 Å². The second kappa shape index (κ2) is 7.68. The Hall–Kier alpha value is -1.02. The van der Waals surface area contributed by atoms with E-state index < -0.39 is 0 Å². The van der Waals surface area contributed by atoms with Crippen molar-refractivity contribution in [3.8, 4) is 0 Å². The fraction of sp³-hybridized carbons (Fsp3) is 0.588. The molecule has 0 saturated heterocycles. The van der Waals surface area contributed by atoms with Crippen LogP contribution in [-0.4, -0.2) is 23.2 Å². The monoisotopic (exact) mass is 295 g/mol. The number of hydrogen-bond donors (Lipinski definition) is 0. The lowest BCUT2D eigenvalue weighted by atomic mass is 9.80. The zero-order chi connectivity index (χ0) is 15.2. The maximum absolute atomic E-state index is 12.5. The minimum atomic E-state index is 0.148. The average molecular weight is 296 g/mol. The van der Waals surface area contributed by atoms with Gasteiger partial charge in [0.15, 0.2) is 0 Å². The first kappa shape index (κ1) is 17.0. The molecule has 0 fully saturated rings. The molecule has 0 spiro atoms. The van der Waals surface area contributed by atoms with E-state index in [2.05, 4.69) is 27.7 Å². The number of benzene rings is 1. The van der Waals surface area contributed by atoms with E-state index >= 15 is 0 Å². The molecule has 20 heavy (non-hydrogen) atoms. The summed E-state index contributed by atoms with van der Waals surface area (Å²) < 4.78 is 0.